The first kappa shape index (κ1) is 18.9. The summed E-state index contributed by atoms with van der Waals surface area (Å²) in [6, 6.07) is 9.43. The van der Waals surface area contributed by atoms with Crippen molar-refractivity contribution >= 4 is 11.6 Å². The van der Waals surface area contributed by atoms with Crippen molar-refractivity contribution in [2.75, 3.05) is 19.6 Å². The van der Waals surface area contributed by atoms with E-state index in [9.17, 15) is 5.11 Å². The molecular weight excluding hydrogens is 344 g/mol. The molecule has 0 aromatic carbocycles. The second-order valence-corrected chi connectivity index (χ2v) is 6.60. The van der Waals surface area contributed by atoms with E-state index in [-0.39, 0.29) is 6.54 Å². The summed E-state index contributed by atoms with van der Waals surface area (Å²) >= 11 is 0. The van der Waals surface area contributed by atoms with Gasteiger partial charge in [-0.05, 0) is 45.0 Å². The third kappa shape index (κ3) is 4.65. The summed E-state index contributed by atoms with van der Waals surface area (Å²) in [4.78, 5) is 4.49. The number of aliphatic hydroxyl groups is 1. The van der Waals surface area contributed by atoms with Crippen molar-refractivity contribution in [1.29, 1.82) is 0 Å². The van der Waals surface area contributed by atoms with Crippen LogP contribution < -0.4 is 10.6 Å². The molecule has 1 atom stereocenters. The van der Waals surface area contributed by atoms with Crippen LogP contribution in [-0.4, -0.2) is 45.3 Å². The van der Waals surface area contributed by atoms with Crippen LogP contribution >= 0.6 is 0 Å². The highest BCUT2D eigenvalue weighted by Gasteiger charge is 2.26. The van der Waals surface area contributed by atoms with Crippen molar-refractivity contribution in [2.24, 2.45) is 4.99 Å². The van der Waals surface area contributed by atoms with Crippen LogP contribution in [0.5, 0.6) is 0 Å². The van der Waals surface area contributed by atoms with E-state index < -0.39 is 5.60 Å². The Morgan fingerprint density at radius 2 is 2.11 bits per heavy atom. The molecule has 0 aliphatic heterocycles. The molecule has 27 heavy (non-hydrogen) atoms. The van der Waals surface area contributed by atoms with E-state index >= 15 is 0 Å². The molecule has 3 heterocycles. The van der Waals surface area contributed by atoms with Crippen LogP contribution in [0.4, 0.5) is 0 Å². The average molecular weight is 370 g/mol. The number of hydrogen-bond donors (Lipinski definition) is 3. The molecule has 0 saturated carbocycles. The SMILES string of the molecule is CCNC(=NCC(C)(O)c1ccc(C)o1)NCCc1nnc2ccccn12. The topological polar surface area (TPSA) is 100.0 Å². The fourth-order valence-corrected chi connectivity index (χ4v) is 2.73. The molecule has 0 amide bonds. The van der Waals surface area contributed by atoms with Crippen molar-refractivity contribution in [1.82, 2.24) is 25.2 Å². The second-order valence-electron chi connectivity index (χ2n) is 6.60. The third-order valence-corrected chi connectivity index (χ3v) is 4.19. The molecule has 0 aliphatic carbocycles. The minimum Gasteiger partial charge on any atom is -0.463 e. The van der Waals surface area contributed by atoms with Gasteiger partial charge in [0.1, 0.15) is 22.9 Å². The van der Waals surface area contributed by atoms with Crippen molar-refractivity contribution in [3.05, 3.63) is 53.9 Å². The normalized spacial score (nSPS) is 14.3. The smallest absolute Gasteiger partial charge is 0.191 e. The predicted molar refractivity (Wildman–Crippen MR) is 104 cm³/mol. The Hall–Kier alpha value is -2.87. The monoisotopic (exact) mass is 370 g/mol. The van der Waals surface area contributed by atoms with Crippen molar-refractivity contribution < 1.29 is 9.52 Å². The highest BCUT2D eigenvalue weighted by atomic mass is 16.4. The molecule has 1 unspecified atom stereocenters. The maximum atomic E-state index is 10.6. The zero-order valence-electron chi connectivity index (χ0n) is 15.9. The van der Waals surface area contributed by atoms with Crippen LogP contribution in [0.25, 0.3) is 5.65 Å². The molecule has 3 aromatic rings. The summed E-state index contributed by atoms with van der Waals surface area (Å²) in [6.07, 6.45) is 2.65. The summed E-state index contributed by atoms with van der Waals surface area (Å²) in [5.41, 5.74) is -0.335. The van der Waals surface area contributed by atoms with Crippen LogP contribution in [0.2, 0.25) is 0 Å². The third-order valence-electron chi connectivity index (χ3n) is 4.19. The molecule has 0 fully saturated rings. The number of guanidine groups is 1. The molecule has 3 aromatic heterocycles. The Bertz CT molecular complexity index is 912. The Morgan fingerprint density at radius 3 is 2.85 bits per heavy atom. The number of aliphatic imine (C=N–C) groups is 1. The maximum Gasteiger partial charge on any atom is 0.191 e. The first-order chi connectivity index (χ1) is 13.0. The number of aryl methyl sites for hydroxylation is 1. The van der Waals surface area contributed by atoms with Crippen LogP contribution in [-0.2, 0) is 12.0 Å². The molecule has 0 spiro atoms. The van der Waals surface area contributed by atoms with Crippen molar-refractivity contribution in [3.63, 3.8) is 0 Å². The molecule has 0 saturated heterocycles. The van der Waals surface area contributed by atoms with E-state index in [4.69, 9.17) is 4.42 Å². The van der Waals surface area contributed by atoms with Gasteiger partial charge in [-0.25, -0.2) is 4.99 Å². The number of hydrogen-bond acceptors (Lipinski definition) is 5. The van der Waals surface area contributed by atoms with E-state index in [1.165, 1.54) is 0 Å². The lowest BCUT2D eigenvalue weighted by Gasteiger charge is -2.19. The highest BCUT2D eigenvalue weighted by Crippen LogP contribution is 2.23. The number of fused-ring (bicyclic) bond motifs is 1. The number of nitrogens with one attached hydrogen (secondary N) is 2. The van der Waals surface area contributed by atoms with Gasteiger partial charge >= 0.3 is 0 Å². The van der Waals surface area contributed by atoms with Gasteiger partial charge in [-0.1, -0.05) is 6.07 Å². The molecule has 8 heteroatoms. The molecule has 3 N–H and O–H groups in total. The first-order valence-electron chi connectivity index (χ1n) is 9.09. The summed E-state index contributed by atoms with van der Waals surface area (Å²) in [5, 5.41) is 25.5. The largest absolute Gasteiger partial charge is 0.463 e. The minimum absolute atomic E-state index is 0.184. The summed E-state index contributed by atoms with van der Waals surface area (Å²) in [5.74, 6) is 2.79. The standard InChI is InChI=1S/C19H26N6O2/c1-4-20-18(22-13-19(3,26)15-9-8-14(2)27-15)21-11-10-17-24-23-16-7-5-6-12-25(16)17/h5-9,12,26H,4,10-11,13H2,1-3H3,(H2,20,21,22). The summed E-state index contributed by atoms with van der Waals surface area (Å²) in [6.45, 7) is 7.09. The van der Waals surface area contributed by atoms with Crippen LogP contribution in [0.15, 0.2) is 45.9 Å². The fraction of sp³-hybridized carbons (Fsp3) is 0.421. The molecule has 0 radical (unpaired) electrons. The van der Waals surface area contributed by atoms with Gasteiger partial charge in [0, 0.05) is 25.7 Å². The Kier molecular flexibility index (Phi) is 5.75. The molecule has 0 aliphatic rings. The lowest BCUT2D eigenvalue weighted by atomic mass is 10.0. The van der Waals surface area contributed by atoms with Crippen molar-refractivity contribution in [2.45, 2.75) is 32.8 Å². The zero-order valence-corrected chi connectivity index (χ0v) is 15.9. The number of aromatic nitrogens is 3. The quantitative estimate of drug-likeness (QED) is 0.432. The van der Waals surface area contributed by atoms with E-state index in [0.29, 0.717) is 24.7 Å². The van der Waals surface area contributed by atoms with Crippen LogP contribution in [0.1, 0.15) is 31.2 Å². The van der Waals surface area contributed by atoms with Gasteiger partial charge in [-0.2, -0.15) is 0 Å². The molecule has 3 rings (SSSR count). The zero-order chi connectivity index (χ0) is 19.3. The van der Waals surface area contributed by atoms with Gasteiger partial charge in [0.25, 0.3) is 0 Å². The average Bonchev–Trinajstić information content (AvgIpc) is 3.27. The van der Waals surface area contributed by atoms with Gasteiger partial charge < -0.3 is 20.2 Å². The predicted octanol–water partition coefficient (Wildman–Crippen LogP) is 1.64. The number of furan rings is 1. The highest BCUT2D eigenvalue weighted by molar-refractivity contribution is 5.79. The van der Waals surface area contributed by atoms with Gasteiger partial charge in [-0.3, -0.25) is 4.40 Å². The van der Waals surface area contributed by atoms with Gasteiger partial charge in [0.2, 0.25) is 0 Å². The number of nitrogens with zero attached hydrogens (tertiary/aromatic N) is 4. The number of rotatable bonds is 7. The maximum absolute atomic E-state index is 10.6. The van der Waals surface area contributed by atoms with E-state index in [1.54, 1.807) is 13.0 Å². The van der Waals surface area contributed by atoms with Crippen molar-refractivity contribution in [3.8, 4) is 0 Å². The van der Waals surface area contributed by atoms with Gasteiger partial charge in [0.15, 0.2) is 11.6 Å². The second kappa shape index (κ2) is 8.22. The Morgan fingerprint density at radius 1 is 1.26 bits per heavy atom. The Balaban J connectivity index is 1.60. The van der Waals surface area contributed by atoms with E-state index in [1.807, 2.05) is 48.7 Å². The van der Waals surface area contributed by atoms with Crippen LogP contribution in [0.3, 0.4) is 0 Å². The fourth-order valence-electron chi connectivity index (χ4n) is 2.73. The summed E-state index contributed by atoms with van der Waals surface area (Å²) in [7, 11) is 0. The molecule has 8 nitrogen and oxygen atoms in total. The lowest BCUT2D eigenvalue weighted by molar-refractivity contribution is 0.0428. The molecule has 0 bridgehead atoms. The van der Waals surface area contributed by atoms with Gasteiger partial charge in [0.05, 0.1) is 6.54 Å². The Labute approximate surface area is 158 Å². The first-order valence-corrected chi connectivity index (χ1v) is 9.09. The van der Waals surface area contributed by atoms with E-state index in [0.717, 1.165) is 23.8 Å². The minimum atomic E-state index is -1.17. The lowest BCUT2D eigenvalue weighted by Crippen LogP contribution is -2.39. The number of pyridine rings is 1. The molecule has 144 valence electrons. The van der Waals surface area contributed by atoms with E-state index in [2.05, 4.69) is 25.8 Å². The molecular formula is C19H26N6O2. The summed E-state index contributed by atoms with van der Waals surface area (Å²) < 4.78 is 7.50. The van der Waals surface area contributed by atoms with Gasteiger partial charge in [-0.15, -0.1) is 10.2 Å². The van der Waals surface area contributed by atoms with Crippen LogP contribution in [0, 0.1) is 6.92 Å².